The number of halogens is 1. The Bertz CT molecular complexity index is 653. The zero-order chi connectivity index (χ0) is 14.0. The number of aromatic carboxylic acids is 1. The quantitative estimate of drug-likeness (QED) is 0.667. The molecule has 9 heteroatoms. The van der Waals surface area contributed by atoms with Crippen LogP contribution in [-0.4, -0.2) is 21.0 Å². The molecule has 0 aliphatic rings. The number of nitro benzene ring substituents is 1. The number of benzene rings is 1. The minimum Gasteiger partial charge on any atom is -0.476 e. The zero-order valence-electron chi connectivity index (χ0n) is 9.07. The molecule has 1 heterocycles. The molecule has 1 N–H and O–H groups in total. The highest BCUT2D eigenvalue weighted by atomic mass is 19.1. The number of rotatable bonds is 4. The lowest BCUT2D eigenvalue weighted by molar-refractivity contribution is -0.385. The first kappa shape index (κ1) is 12.5. The van der Waals surface area contributed by atoms with Crippen LogP contribution in [0.2, 0.25) is 0 Å². The first-order chi connectivity index (χ1) is 8.99. The van der Waals surface area contributed by atoms with Crippen molar-refractivity contribution in [1.82, 2.24) is 4.98 Å². The molecule has 19 heavy (non-hydrogen) atoms. The van der Waals surface area contributed by atoms with Crippen LogP contribution >= 0.6 is 0 Å². The molecule has 2 aromatic rings. The lowest BCUT2D eigenvalue weighted by atomic mass is 10.3. The molecule has 1 aromatic carbocycles. The molecule has 0 bridgehead atoms. The molecule has 0 fully saturated rings. The van der Waals surface area contributed by atoms with Gasteiger partial charge in [0.25, 0.3) is 0 Å². The van der Waals surface area contributed by atoms with Crippen molar-refractivity contribution in [2.24, 2.45) is 0 Å². The van der Waals surface area contributed by atoms with Crippen LogP contribution in [0.5, 0.6) is 11.8 Å². The SMILES string of the molecule is O=C(O)c1coc(Oc2c(F)cccc2[N+](=O)[O-])n1. The Balaban J connectivity index is 2.37. The molecule has 8 nitrogen and oxygen atoms in total. The molecule has 0 saturated carbocycles. The average Bonchev–Trinajstić information content (AvgIpc) is 2.80. The summed E-state index contributed by atoms with van der Waals surface area (Å²) in [5, 5.41) is 19.3. The van der Waals surface area contributed by atoms with E-state index in [0.29, 0.717) is 0 Å². The van der Waals surface area contributed by atoms with Gasteiger partial charge in [-0.1, -0.05) is 6.07 Å². The fraction of sp³-hybridized carbons (Fsp3) is 0. The van der Waals surface area contributed by atoms with Crippen LogP contribution in [0.15, 0.2) is 28.9 Å². The summed E-state index contributed by atoms with van der Waals surface area (Å²) in [5.74, 6) is -3.07. The van der Waals surface area contributed by atoms with Gasteiger partial charge in [-0.05, 0) is 6.07 Å². The minimum atomic E-state index is -1.37. The van der Waals surface area contributed by atoms with Crippen molar-refractivity contribution in [1.29, 1.82) is 0 Å². The second-order valence-electron chi connectivity index (χ2n) is 3.25. The third kappa shape index (κ3) is 2.49. The van der Waals surface area contributed by atoms with E-state index in [1.807, 2.05) is 0 Å². The Kier molecular flexibility index (Phi) is 3.10. The second kappa shape index (κ2) is 4.72. The summed E-state index contributed by atoms with van der Waals surface area (Å²) in [6, 6.07) is 3.11. The standard InChI is InChI=1S/C10H5FN2O6/c11-5-2-1-3-7(13(16)17)8(5)19-10-12-6(4-18-10)9(14)15/h1-4H,(H,14,15). The fourth-order valence-electron chi connectivity index (χ4n) is 1.23. The first-order valence-electron chi connectivity index (χ1n) is 4.78. The van der Waals surface area contributed by atoms with Crippen LogP contribution in [0.4, 0.5) is 10.1 Å². The molecule has 0 radical (unpaired) electrons. The Morgan fingerprint density at radius 2 is 2.26 bits per heavy atom. The normalized spacial score (nSPS) is 10.2. The van der Waals surface area contributed by atoms with Crippen LogP contribution in [0, 0.1) is 15.9 Å². The molecule has 0 spiro atoms. The number of oxazole rings is 1. The highest BCUT2D eigenvalue weighted by molar-refractivity contribution is 5.84. The van der Waals surface area contributed by atoms with E-state index in [-0.39, 0.29) is 0 Å². The maximum Gasteiger partial charge on any atom is 0.400 e. The van der Waals surface area contributed by atoms with E-state index < -0.39 is 39.9 Å². The Labute approximate surface area is 104 Å². The molecule has 0 saturated heterocycles. The Morgan fingerprint density at radius 1 is 1.53 bits per heavy atom. The van der Waals surface area contributed by atoms with Gasteiger partial charge >= 0.3 is 17.7 Å². The van der Waals surface area contributed by atoms with E-state index in [9.17, 15) is 19.3 Å². The molecule has 0 aliphatic carbocycles. The van der Waals surface area contributed by atoms with E-state index in [0.717, 1.165) is 24.5 Å². The molecular formula is C10H5FN2O6. The maximum absolute atomic E-state index is 13.4. The molecule has 1 aromatic heterocycles. The monoisotopic (exact) mass is 268 g/mol. The number of nitrogens with zero attached hydrogens (tertiary/aromatic N) is 2. The minimum absolute atomic E-state index is 0.464. The number of ether oxygens (including phenoxy) is 1. The Morgan fingerprint density at radius 3 is 2.84 bits per heavy atom. The van der Waals surface area contributed by atoms with Gasteiger partial charge in [0.1, 0.15) is 6.26 Å². The van der Waals surface area contributed by atoms with Crippen molar-refractivity contribution >= 4 is 11.7 Å². The van der Waals surface area contributed by atoms with Gasteiger partial charge in [0, 0.05) is 6.07 Å². The Hall–Kier alpha value is -2.97. The number of para-hydroxylation sites is 1. The van der Waals surface area contributed by atoms with Gasteiger partial charge in [0.05, 0.1) is 4.92 Å². The van der Waals surface area contributed by atoms with Gasteiger partial charge in [-0.25, -0.2) is 9.18 Å². The van der Waals surface area contributed by atoms with Gasteiger partial charge in [-0.15, -0.1) is 0 Å². The highest BCUT2D eigenvalue weighted by Gasteiger charge is 2.22. The fourth-order valence-corrected chi connectivity index (χ4v) is 1.23. The third-order valence-electron chi connectivity index (χ3n) is 2.03. The van der Waals surface area contributed by atoms with Crippen LogP contribution in [0.1, 0.15) is 10.5 Å². The smallest absolute Gasteiger partial charge is 0.400 e. The van der Waals surface area contributed by atoms with E-state index in [1.165, 1.54) is 0 Å². The van der Waals surface area contributed by atoms with Crippen molar-refractivity contribution in [2.45, 2.75) is 0 Å². The molecule has 98 valence electrons. The summed E-state index contributed by atoms with van der Waals surface area (Å²) < 4.78 is 22.8. The maximum atomic E-state index is 13.4. The molecule has 2 rings (SSSR count). The van der Waals surface area contributed by atoms with Crippen molar-refractivity contribution in [3.05, 3.63) is 46.1 Å². The van der Waals surface area contributed by atoms with Gasteiger partial charge in [-0.3, -0.25) is 10.1 Å². The molecule has 0 unspecified atom stereocenters. The summed E-state index contributed by atoms with van der Waals surface area (Å²) in [7, 11) is 0. The van der Waals surface area contributed by atoms with Gasteiger partial charge in [0.15, 0.2) is 11.5 Å². The molecule has 0 amide bonds. The van der Waals surface area contributed by atoms with E-state index in [4.69, 9.17) is 9.84 Å². The number of aromatic nitrogens is 1. The van der Waals surface area contributed by atoms with Crippen molar-refractivity contribution in [2.75, 3.05) is 0 Å². The second-order valence-corrected chi connectivity index (χ2v) is 3.25. The predicted molar refractivity (Wildman–Crippen MR) is 56.6 cm³/mol. The molecule has 0 atom stereocenters. The summed E-state index contributed by atoms with van der Waals surface area (Å²) in [4.78, 5) is 23.8. The number of nitro groups is 1. The number of carboxylic acid groups (broad SMARTS) is 1. The summed E-state index contributed by atoms with van der Waals surface area (Å²) in [6.45, 7) is 0. The number of carbonyl (C=O) groups is 1. The molecular weight excluding hydrogens is 263 g/mol. The predicted octanol–water partition coefficient (Wildman–Crippen LogP) is 2.21. The largest absolute Gasteiger partial charge is 0.476 e. The van der Waals surface area contributed by atoms with E-state index in [2.05, 4.69) is 9.40 Å². The zero-order valence-corrected chi connectivity index (χ0v) is 9.07. The lowest BCUT2D eigenvalue weighted by Gasteiger charge is -2.02. The van der Waals surface area contributed by atoms with E-state index >= 15 is 0 Å². The third-order valence-corrected chi connectivity index (χ3v) is 2.03. The average molecular weight is 268 g/mol. The first-order valence-corrected chi connectivity index (χ1v) is 4.78. The van der Waals surface area contributed by atoms with Gasteiger partial charge in [0.2, 0.25) is 5.75 Å². The van der Waals surface area contributed by atoms with Crippen LogP contribution in [0.25, 0.3) is 0 Å². The topological polar surface area (TPSA) is 116 Å². The van der Waals surface area contributed by atoms with Gasteiger partial charge < -0.3 is 14.3 Å². The highest BCUT2D eigenvalue weighted by Crippen LogP contribution is 2.33. The number of hydrogen-bond donors (Lipinski definition) is 1. The van der Waals surface area contributed by atoms with Crippen molar-refractivity contribution in [3.8, 4) is 11.8 Å². The van der Waals surface area contributed by atoms with Crippen LogP contribution in [-0.2, 0) is 0 Å². The van der Waals surface area contributed by atoms with E-state index in [1.54, 1.807) is 0 Å². The number of carboxylic acids is 1. The molecule has 0 aliphatic heterocycles. The lowest BCUT2D eigenvalue weighted by Crippen LogP contribution is -1.98. The van der Waals surface area contributed by atoms with Gasteiger partial charge in [-0.2, -0.15) is 4.98 Å². The van der Waals surface area contributed by atoms with Crippen LogP contribution < -0.4 is 4.74 Å². The summed E-state index contributed by atoms with van der Waals surface area (Å²) in [6.07, 6.45) is 0.162. The van der Waals surface area contributed by atoms with Crippen LogP contribution in [0.3, 0.4) is 0 Å². The summed E-state index contributed by atoms with van der Waals surface area (Å²) in [5.41, 5.74) is -1.09. The number of hydrogen-bond acceptors (Lipinski definition) is 6. The summed E-state index contributed by atoms with van der Waals surface area (Å²) >= 11 is 0. The van der Waals surface area contributed by atoms with Crippen molar-refractivity contribution in [3.63, 3.8) is 0 Å². The van der Waals surface area contributed by atoms with Crippen molar-refractivity contribution < 1.29 is 28.4 Å².